The Bertz CT molecular complexity index is 693. The summed E-state index contributed by atoms with van der Waals surface area (Å²) in [4.78, 5) is 23.8. The van der Waals surface area contributed by atoms with Crippen LogP contribution in [0.4, 0.5) is 4.39 Å². The quantitative estimate of drug-likeness (QED) is 0.543. The maximum Gasteiger partial charge on any atom is 0.305 e. The Morgan fingerprint density at radius 1 is 0.897 bits per heavy atom. The summed E-state index contributed by atoms with van der Waals surface area (Å²) in [6.45, 7) is 6.80. The third kappa shape index (κ3) is 2.73. The van der Waals surface area contributed by atoms with Crippen molar-refractivity contribution in [3.63, 3.8) is 0 Å². The van der Waals surface area contributed by atoms with Crippen LogP contribution < -0.4 is 0 Å². The van der Waals surface area contributed by atoms with E-state index in [1.54, 1.807) is 0 Å². The Morgan fingerprint density at radius 2 is 1.45 bits per heavy atom. The molecule has 4 fully saturated rings. The lowest BCUT2D eigenvalue weighted by atomic mass is 9.43. The Labute approximate surface area is 172 Å². The average molecular weight is 411 g/mol. The van der Waals surface area contributed by atoms with Crippen molar-refractivity contribution in [1.82, 2.24) is 0 Å². The smallest absolute Gasteiger partial charge is 0.305 e. The molecule has 4 saturated carbocycles. The predicted molar refractivity (Wildman–Crippen MR) is 104 cm³/mol. The SMILES string of the molecule is CC(=O)OC1(OC(C)=O)CC[C@H]2[C@@H]3CC(O)C4(F)CCCC[C@]4(C)[C@@H]3CC[C@@]21C. The number of esters is 2. The molecule has 0 bridgehead atoms. The van der Waals surface area contributed by atoms with Crippen LogP contribution in [0.2, 0.25) is 0 Å². The number of fused-ring (bicyclic) bond motifs is 5. The molecule has 6 heteroatoms. The summed E-state index contributed by atoms with van der Waals surface area (Å²) in [5.41, 5.74) is -2.56. The number of carbonyl (C=O) groups excluding carboxylic acids is 2. The van der Waals surface area contributed by atoms with Gasteiger partial charge < -0.3 is 14.6 Å². The molecular weight excluding hydrogens is 375 g/mol. The molecule has 5 nitrogen and oxygen atoms in total. The maximum atomic E-state index is 16.1. The average Bonchev–Trinajstić information content (AvgIpc) is 2.88. The van der Waals surface area contributed by atoms with E-state index < -0.39 is 40.3 Å². The zero-order chi connectivity index (χ0) is 21.2. The van der Waals surface area contributed by atoms with Gasteiger partial charge in [-0.3, -0.25) is 9.59 Å². The molecular formula is C23H35FO5. The first kappa shape index (κ1) is 21.1. The summed E-state index contributed by atoms with van der Waals surface area (Å²) in [6.07, 6.45) is 5.31. The van der Waals surface area contributed by atoms with Gasteiger partial charge in [0, 0.05) is 31.1 Å². The zero-order valence-electron chi connectivity index (χ0n) is 18.1. The first-order valence-electron chi connectivity index (χ1n) is 11.3. The molecule has 7 atom stereocenters. The number of carbonyl (C=O) groups is 2. The minimum atomic E-state index is -1.51. The van der Waals surface area contributed by atoms with Gasteiger partial charge in [0.1, 0.15) is 5.67 Å². The number of halogens is 1. The van der Waals surface area contributed by atoms with E-state index >= 15 is 4.39 Å². The molecule has 2 unspecified atom stereocenters. The van der Waals surface area contributed by atoms with Crippen LogP contribution in [0.25, 0.3) is 0 Å². The molecule has 0 amide bonds. The molecule has 164 valence electrons. The highest BCUT2D eigenvalue weighted by molar-refractivity contribution is 5.69. The molecule has 4 aliphatic carbocycles. The number of aliphatic hydroxyl groups excluding tert-OH is 1. The molecule has 0 radical (unpaired) electrons. The minimum absolute atomic E-state index is 0.123. The van der Waals surface area contributed by atoms with Crippen molar-refractivity contribution < 1.29 is 28.6 Å². The molecule has 0 aromatic rings. The molecule has 0 aliphatic heterocycles. The number of rotatable bonds is 2. The minimum Gasteiger partial charge on any atom is -0.422 e. The lowest BCUT2D eigenvalue weighted by Crippen LogP contribution is -2.66. The highest BCUT2D eigenvalue weighted by Gasteiger charge is 2.72. The van der Waals surface area contributed by atoms with Gasteiger partial charge in [-0.2, -0.15) is 0 Å². The molecule has 4 aliphatic rings. The summed E-state index contributed by atoms with van der Waals surface area (Å²) in [6, 6.07) is 0. The molecule has 1 N–H and O–H groups in total. The first-order chi connectivity index (χ1) is 13.5. The second-order valence-electron chi connectivity index (χ2n) is 10.6. The monoisotopic (exact) mass is 410 g/mol. The molecule has 0 heterocycles. The number of ether oxygens (including phenoxy) is 2. The van der Waals surface area contributed by atoms with E-state index in [-0.39, 0.29) is 17.8 Å². The summed E-state index contributed by atoms with van der Waals surface area (Å²) in [5.74, 6) is -1.72. The normalized spacial score (nSPS) is 48.1. The second-order valence-corrected chi connectivity index (χ2v) is 10.6. The van der Waals surface area contributed by atoms with Crippen molar-refractivity contribution >= 4 is 11.9 Å². The number of hydrogen-bond donors (Lipinski definition) is 1. The standard InChI is InChI=1S/C23H35FO5/c1-14(25)28-23(29-15(2)26)12-8-18-16-13-19(27)22(24)10-6-5-9-20(22,3)17(16)7-11-21(18,23)4/h16-19,27H,5-13H2,1-4H3/t16-,17-,18+,19?,20-,21+,22?/m1/s1. The van der Waals surface area contributed by atoms with Crippen LogP contribution in [0, 0.1) is 28.6 Å². The van der Waals surface area contributed by atoms with E-state index in [1.165, 1.54) is 13.8 Å². The topological polar surface area (TPSA) is 72.8 Å². The van der Waals surface area contributed by atoms with E-state index in [0.29, 0.717) is 19.3 Å². The fourth-order valence-electron chi connectivity index (χ4n) is 8.04. The van der Waals surface area contributed by atoms with Crippen LogP contribution in [-0.4, -0.2) is 34.6 Å². The molecule has 29 heavy (non-hydrogen) atoms. The number of aliphatic hydroxyl groups is 1. The second kappa shape index (κ2) is 6.66. The number of hydrogen-bond acceptors (Lipinski definition) is 5. The molecule has 0 spiro atoms. The summed E-state index contributed by atoms with van der Waals surface area (Å²) < 4.78 is 27.6. The summed E-state index contributed by atoms with van der Waals surface area (Å²) >= 11 is 0. The molecule has 4 rings (SSSR count). The lowest BCUT2D eigenvalue weighted by Gasteiger charge is -2.64. The van der Waals surface area contributed by atoms with Crippen molar-refractivity contribution in [3.8, 4) is 0 Å². The van der Waals surface area contributed by atoms with Crippen molar-refractivity contribution in [3.05, 3.63) is 0 Å². The third-order valence-corrected chi connectivity index (χ3v) is 9.38. The Kier molecular flexibility index (Phi) is 4.84. The highest BCUT2D eigenvalue weighted by Crippen LogP contribution is 2.70. The predicted octanol–water partition coefficient (Wildman–Crippen LogP) is 4.30. The van der Waals surface area contributed by atoms with Gasteiger partial charge in [0.25, 0.3) is 5.79 Å². The first-order valence-corrected chi connectivity index (χ1v) is 11.3. The molecule has 0 aromatic carbocycles. The van der Waals surface area contributed by atoms with Crippen LogP contribution >= 0.6 is 0 Å². The lowest BCUT2D eigenvalue weighted by molar-refractivity contribution is -0.283. The van der Waals surface area contributed by atoms with Crippen molar-refractivity contribution in [2.24, 2.45) is 28.6 Å². The highest BCUT2D eigenvalue weighted by atomic mass is 19.1. The van der Waals surface area contributed by atoms with Gasteiger partial charge in [-0.05, 0) is 56.3 Å². The maximum absolute atomic E-state index is 16.1. The Morgan fingerprint density at radius 3 is 2.07 bits per heavy atom. The summed E-state index contributed by atoms with van der Waals surface area (Å²) in [7, 11) is 0. The van der Waals surface area contributed by atoms with E-state index in [1.807, 2.05) is 0 Å². The molecule has 0 aromatic heterocycles. The van der Waals surface area contributed by atoms with Gasteiger partial charge in [-0.25, -0.2) is 4.39 Å². The van der Waals surface area contributed by atoms with Crippen molar-refractivity contribution in [2.75, 3.05) is 0 Å². The Hall–Kier alpha value is -1.17. The van der Waals surface area contributed by atoms with Crippen LogP contribution in [-0.2, 0) is 19.1 Å². The van der Waals surface area contributed by atoms with Gasteiger partial charge in [0.15, 0.2) is 0 Å². The van der Waals surface area contributed by atoms with Gasteiger partial charge >= 0.3 is 11.9 Å². The third-order valence-electron chi connectivity index (χ3n) is 9.38. The molecule has 0 saturated heterocycles. The van der Waals surface area contributed by atoms with Crippen molar-refractivity contribution in [1.29, 1.82) is 0 Å². The van der Waals surface area contributed by atoms with Gasteiger partial charge in [-0.15, -0.1) is 0 Å². The van der Waals surface area contributed by atoms with Crippen LogP contribution in [0.3, 0.4) is 0 Å². The van der Waals surface area contributed by atoms with Crippen LogP contribution in [0.5, 0.6) is 0 Å². The van der Waals surface area contributed by atoms with Gasteiger partial charge in [0.2, 0.25) is 0 Å². The van der Waals surface area contributed by atoms with Crippen LogP contribution in [0.1, 0.15) is 85.5 Å². The van der Waals surface area contributed by atoms with E-state index in [9.17, 15) is 14.7 Å². The fraction of sp³-hybridized carbons (Fsp3) is 0.913. The van der Waals surface area contributed by atoms with E-state index in [2.05, 4.69) is 13.8 Å². The van der Waals surface area contributed by atoms with Crippen LogP contribution in [0.15, 0.2) is 0 Å². The largest absolute Gasteiger partial charge is 0.422 e. The van der Waals surface area contributed by atoms with E-state index in [4.69, 9.17) is 9.47 Å². The van der Waals surface area contributed by atoms with Gasteiger partial charge in [0.05, 0.1) is 6.10 Å². The number of alkyl halides is 1. The zero-order valence-corrected chi connectivity index (χ0v) is 18.1. The van der Waals surface area contributed by atoms with Gasteiger partial charge in [-0.1, -0.05) is 26.7 Å². The van der Waals surface area contributed by atoms with Crippen molar-refractivity contribution in [2.45, 2.75) is 103 Å². The van der Waals surface area contributed by atoms with E-state index in [0.717, 1.165) is 38.5 Å². The fourth-order valence-corrected chi connectivity index (χ4v) is 8.04. The Balaban J connectivity index is 1.71. The summed E-state index contributed by atoms with van der Waals surface area (Å²) in [5, 5.41) is 10.9.